The topological polar surface area (TPSA) is 43.4 Å². The summed E-state index contributed by atoms with van der Waals surface area (Å²) in [5.74, 6) is -1.14. The quantitative estimate of drug-likeness (QED) is 0.403. The van der Waals surface area contributed by atoms with Gasteiger partial charge in [0.2, 0.25) is 5.78 Å². The van der Waals surface area contributed by atoms with Gasteiger partial charge in [-0.25, -0.2) is 4.79 Å². The minimum absolute atomic E-state index is 0.304. The monoisotopic (exact) mass is 248 g/mol. The number of rotatable bonds is 8. The molecule has 0 aromatic heterocycles. The maximum absolute atomic E-state index is 11.2. The third-order valence-electron chi connectivity index (χ3n) is 2.88. The number of ketones is 1. The number of benzene rings is 1. The van der Waals surface area contributed by atoms with Gasteiger partial charge in [-0.1, -0.05) is 43.2 Å². The summed E-state index contributed by atoms with van der Waals surface area (Å²) in [6.45, 7) is 0. The van der Waals surface area contributed by atoms with Crippen LogP contribution in [0.1, 0.15) is 37.7 Å². The second-order valence-electron chi connectivity index (χ2n) is 4.31. The van der Waals surface area contributed by atoms with Crippen molar-refractivity contribution in [2.45, 2.75) is 38.5 Å². The first-order chi connectivity index (χ1) is 8.74. The molecule has 1 rings (SSSR count). The molecule has 0 aliphatic carbocycles. The van der Waals surface area contributed by atoms with Crippen molar-refractivity contribution in [2.24, 2.45) is 0 Å². The van der Waals surface area contributed by atoms with Crippen LogP contribution in [0, 0.1) is 0 Å². The van der Waals surface area contributed by atoms with E-state index in [1.165, 1.54) is 12.7 Å². The molecule has 3 heteroatoms. The van der Waals surface area contributed by atoms with E-state index in [0.717, 1.165) is 32.1 Å². The van der Waals surface area contributed by atoms with Crippen LogP contribution < -0.4 is 0 Å². The molecule has 1 aromatic carbocycles. The van der Waals surface area contributed by atoms with Crippen molar-refractivity contribution >= 4 is 11.8 Å². The van der Waals surface area contributed by atoms with Crippen LogP contribution >= 0.6 is 0 Å². The number of carbonyl (C=O) groups is 2. The van der Waals surface area contributed by atoms with E-state index < -0.39 is 11.8 Å². The first kappa shape index (κ1) is 14.4. The maximum Gasteiger partial charge on any atom is 0.374 e. The Morgan fingerprint density at radius 2 is 1.67 bits per heavy atom. The van der Waals surface area contributed by atoms with E-state index in [2.05, 4.69) is 16.9 Å². The highest BCUT2D eigenvalue weighted by molar-refractivity contribution is 6.33. The Morgan fingerprint density at radius 3 is 2.33 bits per heavy atom. The normalized spacial score (nSPS) is 10.1. The van der Waals surface area contributed by atoms with Gasteiger partial charge in [0.1, 0.15) is 0 Å². The molecular weight excluding hydrogens is 228 g/mol. The number of aryl methyl sites for hydroxylation is 1. The van der Waals surface area contributed by atoms with E-state index in [1.807, 2.05) is 18.2 Å². The number of Topliss-reactive ketones (excluding diaryl/α,β-unsaturated/α-hetero) is 1. The molecular formula is C15H20O3. The Hall–Kier alpha value is -1.64. The van der Waals surface area contributed by atoms with Crippen molar-refractivity contribution in [1.29, 1.82) is 0 Å². The van der Waals surface area contributed by atoms with Gasteiger partial charge in [0.25, 0.3) is 0 Å². The van der Waals surface area contributed by atoms with Gasteiger partial charge in [-0.05, 0) is 24.8 Å². The van der Waals surface area contributed by atoms with Crippen molar-refractivity contribution in [3.8, 4) is 0 Å². The highest BCUT2D eigenvalue weighted by Gasteiger charge is 2.12. The number of unbranched alkanes of at least 4 members (excludes halogenated alkanes) is 3. The van der Waals surface area contributed by atoms with Crippen LogP contribution in [-0.2, 0) is 20.7 Å². The van der Waals surface area contributed by atoms with Crippen molar-refractivity contribution in [3.05, 3.63) is 35.9 Å². The summed E-state index contributed by atoms with van der Waals surface area (Å²) in [6.07, 6.45) is 5.34. The van der Waals surface area contributed by atoms with E-state index in [4.69, 9.17) is 0 Å². The number of methoxy groups -OCH3 is 1. The zero-order valence-corrected chi connectivity index (χ0v) is 10.9. The zero-order valence-electron chi connectivity index (χ0n) is 10.9. The summed E-state index contributed by atoms with van der Waals surface area (Å²) in [5, 5.41) is 0. The van der Waals surface area contributed by atoms with Crippen molar-refractivity contribution < 1.29 is 14.3 Å². The SMILES string of the molecule is COC(=O)C(=O)CCCCCCc1ccccc1. The first-order valence-corrected chi connectivity index (χ1v) is 6.39. The van der Waals surface area contributed by atoms with Crippen molar-refractivity contribution in [3.63, 3.8) is 0 Å². The minimum Gasteiger partial charge on any atom is -0.463 e. The summed E-state index contributed by atoms with van der Waals surface area (Å²) in [4.78, 5) is 22.0. The Labute approximate surface area is 108 Å². The van der Waals surface area contributed by atoms with Crippen molar-refractivity contribution in [1.82, 2.24) is 0 Å². The third-order valence-corrected chi connectivity index (χ3v) is 2.88. The molecule has 98 valence electrons. The number of hydrogen-bond donors (Lipinski definition) is 0. The van der Waals surface area contributed by atoms with Crippen LogP contribution in [-0.4, -0.2) is 18.9 Å². The van der Waals surface area contributed by atoms with Gasteiger partial charge < -0.3 is 4.74 Å². The highest BCUT2D eigenvalue weighted by Crippen LogP contribution is 2.09. The van der Waals surface area contributed by atoms with E-state index >= 15 is 0 Å². The number of carbonyl (C=O) groups excluding carboxylic acids is 2. The molecule has 0 aliphatic rings. The molecule has 0 spiro atoms. The Kier molecular flexibility index (Phi) is 6.77. The smallest absolute Gasteiger partial charge is 0.374 e. The zero-order chi connectivity index (χ0) is 13.2. The van der Waals surface area contributed by atoms with Gasteiger partial charge in [-0.3, -0.25) is 4.79 Å². The van der Waals surface area contributed by atoms with Crippen molar-refractivity contribution in [2.75, 3.05) is 7.11 Å². The lowest BCUT2D eigenvalue weighted by molar-refractivity contribution is -0.151. The number of ether oxygens (including phenoxy) is 1. The molecule has 3 nitrogen and oxygen atoms in total. The molecule has 1 aromatic rings. The fraction of sp³-hybridized carbons (Fsp3) is 0.467. The standard InChI is InChI=1S/C15H20O3/c1-18-15(17)14(16)12-8-3-2-5-9-13-10-6-4-7-11-13/h4,6-7,10-11H,2-3,5,8-9,12H2,1H3. The predicted molar refractivity (Wildman–Crippen MR) is 70.3 cm³/mol. The fourth-order valence-corrected chi connectivity index (χ4v) is 1.83. The molecule has 0 radical (unpaired) electrons. The van der Waals surface area contributed by atoms with Gasteiger partial charge in [0, 0.05) is 6.42 Å². The lowest BCUT2D eigenvalue weighted by atomic mass is 10.0. The number of esters is 1. The summed E-state index contributed by atoms with van der Waals surface area (Å²) in [5.41, 5.74) is 1.35. The fourth-order valence-electron chi connectivity index (χ4n) is 1.83. The van der Waals surface area contributed by atoms with Crippen LogP contribution in [0.15, 0.2) is 30.3 Å². The summed E-state index contributed by atoms with van der Waals surface area (Å²) in [7, 11) is 1.24. The maximum atomic E-state index is 11.2. The van der Waals surface area contributed by atoms with Crippen LogP contribution in [0.4, 0.5) is 0 Å². The summed E-state index contributed by atoms with van der Waals surface area (Å²) >= 11 is 0. The third kappa shape index (κ3) is 5.62. The molecule has 0 N–H and O–H groups in total. The van der Waals surface area contributed by atoms with Gasteiger partial charge in [0.15, 0.2) is 0 Å². The molecule has 0 unspecified atom stereocenters. The molecule has 0 bridgehead atoms. The van der Waals surface area contributed by atoms with E-state index in [0.29, 0.717) is 6.42 Å². The predicted octanol–water partition coefficient (Wildman–Crippen LogP) is 2.92. The van der Waals surface area contributed by atoms with Gasteiger partial charge >= 0.3 is 5.97 Å². The minimum atomic E-state index is -0.723. The molecule has 0 saturated heterocycles. The molecule has 0 saturated carbocycles. The average molecular weight is 248 g/mol. The lowest BCUT2D eigenvalue weighted by Gasteiger charge is -2.02. The molecule has 0 aliphatic heterocycles. The van der Waals surface area contributed by atoms with Crippen LogP contribution in [0.3, 0.4) is 0 Å². The lowest BCUT2D eigenvalue weighted by Crippen LogP contribution is -2.14. The van der Waals surface area contributed by atoms with Crippen LogP contribution in [0.2, 0.25) is 0 Å². The highest BCUT2D eigenvalue weighted by atomic mass is 16.5. The second kappa shape index (κ2) is 8.45. The van der Waals surface area contributed by atoms with E-state index in [1.54, 1.807) is 0 Å². The summed E-state index contributed by atoms with van der Waals surface area (Å²) in [6, 6.07) is 10.4. The molecule has 0 fully saturated rings. The van der Waals surface area contributed by atoms with Crippen LogP contribution in [0.5, 0.6) is 0 Å². The van der Waals surface area contributed by atoms with Gasteiger partial charge in [0.05, 0.1) is 7.11 Å². The largest absolute Gasteiger partial charge is 0.463 e. The van der Waals surface area contributed by atoms with Crippen LogP contribution in [0.25, 0.3) is 0 Å². The molecule has 18 heavy (non-hydrogen) atoms. The van der Waals surface area contributed by atoms with Gasteiger partial charge in [-0.2, -0.15) is 0 Å². The Balaban J connectivity index is 2.03. The Bertz CT molecular complexity index is 371. The summed E-state index contributed by atoms with van der Waals surface area (Å²) < 4.78 is 4.36. The second-order valence-corrected chi connectivity index (χ2v) is 4.31. The van der Waals surface area contributed by atoms with Gasteiger partial charge in [-0.15, -0.1) is 0 Å². The first-order valence-electron chi connectivity index (χ1n) is 6.39. The van der Waals surface area contributed by atoms with E-state index in [9.17, 15) is 9.59 Å². The van der Waals surface area contributed by atoms with E-state index in [-0.39, 0.29) is 0 Å². The molecule has 0 heterocycles. The average Bonchev–Trinajstić information content (AvgIpc) is 2.42. The number of hydrogen-bond acceptors (Lipinski definition) is 3. The molecule has 0 atom stereocenters. The Morgan fingerprint density at radius 1 is 1.00 bits per heavy atom. The molecule has 0 amide bonds.